The number of pyridine rings is 1. The lowest BCUT2D eigenvalue weighted by Gasteiger charge is -2.19. The first-order valence-electron chi connectivity index (χ1n) is 6.76. The zero-order chi connectivity index (χ0) is 14.4. The molecule has 0 saturated carbocycles. The molecule has 1 amide bonds. The van der Waals surface area contributed by atoms with Gasteiger partial charge in [-0.3, -0.25) is 4.79 Å². The van der Waals surface area contributed by atoms with E-state index in [0.717, 1.165) is 12.2 Å². The van der Waals surface area contributed by atoms with Gasteiger partial charge < -0.3 is 10.2 Å². The zero-order valence-electron chi connectivity index (χ0n) is 11.8. The summed E-state index contributed by atoms with van der Waals surface area (Å²) in [4.78, 5) is 19.7. The van der Waals surface area contributed by atoms with Crippen molar-refractivity contribution >= 4 is 22.9 Å². The van der Waals surface area contributed by atoms with E-state index in [0.29, 0.717) is 18.8 Å². The van der Waals surface area contributed by atoms with E-state index in [1.54, 1.807) is 28.5 Å². The van der Waals surface area contributed by atoms with Gasteiger partial charge >= 0.3 is 0 Å². The fourth-order valence-electron chi connectivity index (χ4n) is 1.91. The molecule has 0 bridgehead atoms. The molecule has 0 aromatic carbocycles. The summed E-state index contributed by atoms with van der Waals surface area (Å²) < 4.78 is 0. The third-order valence-corrected chi connectivity index (χ3v) is 3.82. The average molecular weight is 289 g/mol. The lowest BCUT2D eigenvalue weighted by Crippen LogP contribution is -2.30. The SMILES string of the molecule is CCNc1ccc(C(=O)N(CC)Cc2cccs2)nc1. The number of nitrogens with one attached hydrogen (secondary N) is 1. The standard InChI is InChI=1S/C15H19N3OS/c1-3-16-12-7-8-14(17-10-12)15(19)18(4-2)11-13-6-5-9-20-13/h5-10,16H,3-4,11H2,1-2H3. The van der Waals surface area contributed by atoms with Crippen molar-refractivity contribution in [2.24, 2.45) is 0 Å². The van der Waals surface area contributed by atoms with Crippen LogP contribution in [0.1, 0.15) is 29.2 Å². The monoisotopic (exact) mass is 289 g/mol. The first-order valence-corrected chi connectivity index (χ1v) is 7.64. The summed E-state index contributed by atoms with van der Waals surface area (Å²) >= 11 is 1.66. The van der Waals surface area contributed by atoms with E-state index in [-0.39, 0.29) is 5.91 Å². The number of rotatable bonds is 6. The van der Waals surface area contributed by atoms with E-state index in [9.17, 15) is 4.79 Å². The molecular formula is C15H19N3OS. The molecule has 1 N–H and O–H groups in total. The number of aromatic nitrogens is 1. The summed E-state index contributed by atoms with van der Waals surface area (Å²) in [6.45, 7) is 6.17. The highest BCUT2D eigenvalue weighted by molar-refractivity contribution is 7.09. The van der Waals surface area contributed by atoms with Crippen molar-refractivity contribution in [2.45, 2.75) is 20.4 Å². The van der Waals surface area contributed by atoms with Crippen LogP contribution in [0.2, 0.25) is 0 Å². The molecule has 2 aromatic heterocycles. The maximum absolute atomic E-state index is 12.4. The fourth-order valence-corrected chi connectivity index (χ4v) is 2.63. The molecular weight excluding hydrogens is 270 g/mol. The van der Waals surface area contributed by atoms with Crippen molar-refractivity contribution in [1.82, 2.24) is 9.88 Å². The number of hydrogen-bond donors (Lipinski definition) is 1. The lowest BCUT2D eigenvalue weighted by molar-refractivity contribution is 0.0748. The molecule has 106 valence electrons. The van der Waals surface area contributed by atoms with Crippen molar-refractivity contribution in [1.29, 1.82) is 0 Å². The van der Waals surface area contributed by atoms with Gasteiger partial charge in [-0.2, -0.15) is 0 Å². The molecule has 2 aromatic rings. The predicted octanol–water partition coefficient (Wildman–Crippen LogP) is 3.24. The van der Waals surface area contributed by atoms with Gasteiger partial charge in [-0.05, 0) is 37.4 Å². The number of anilines is 1. The molecule has 2 heterocycles. The molecule has 0 aliphatic carbocycles. The Hall–Kier alpha value is -1.88. The summed E-state index contributed by atoms with van der Waals surface area (Å²) in [7, 11) is 0. The maximum atomic E-state index is 12.4. The Kier molecular flexibility index (Phi) is 5.12. The van der Waals surface area contributed by atoms with Crippen LogP contribution in [-0.4, -0.2) is 28.9 Å². The zero-order valence-corrected chi connectivity index (χ0v) is 12.6. The Balaban J connectivity index is 2.07. The van der Waals surface area contributed by atoms with Gasteiger partial charge in [0.2, 0.25) is 0 Å². The van der Waals surface area contributed by atoms with Crippen molar-refractivity contribution in [3.63, 3.8) is 0 Å². The van der Waals surface area contributed by atoms with Gasteiger partial charge in [-0.1, -0.05) is 6.07 Å². The number of carbonyl (C=O) groups is 1. The van der Waals surface area contributed by atoms with Gasteiger partial charge in [0.25, 0.3) is 5.91 Å². The molecule has 20 heavy (non-hydrogen) atoms. The highest BCUT2D eigenvalue weighted by Gasteiger charge is 2.16. The van der Waals surface area contributed by atoms with Crippen LogP contribution >= 0.6 is 11.3 Å². The van der Waals surface area contributed by atoms with Crippen LogP contribution in [0.25, 0.3) is 0 Å². The van der Waals surface area contributed by atoms with Crippen LogP contribution in [0.15, 0.2) is 35.8 Å². The van der Waals surface area contributed by atoms with Crippen molar-refractivity contribution in [2.75, 3.05) is 18.4 Å². The summed E-state index contributed by atoms with van der Waals surface area (Å²) in [5, 5.41) is 5.19. The van der Waals surface area contributed by atoms with Gasteiger partial charge in [-0.15, -0.1) is 11.3 Å². The summed E-state index contributed by atoms with van der Waals surface area (Å²) in [5.41, 5.74) is 1.43. The Morgan fingerprint density at radius 2 is 2.20 bits per heavy atom. The maximum Gasteiger partial charge on any atom is 0.272 e. The third kappa shape index (κ3) is 3.57. The van der Waals surface area contributed by atoms with Crippen LogP contribution in [-0.2, 0) is 6.54 Å². The molecule has 0 atom stereocenters. The molecule has 0 unspecified atom stereocenters. The fraction of sp³-hybridized carbons (Fsp3) is 0.333. The van der Waals surface area contributed by atoms with Gasteiger partial charge in [0, 0.05) is 18.0 Å². The number of nitrogens with zero attached hydrogens (tertiary/aromatic N) is 2. The van der Waals surface area contributed by atoms with E-state index in [4.69, 9.17) is 0 Å². The van der Waals surface area contributed by atoms with E-state index < -0.39 is 0 Å². The number of carbonyl (C=O) groups excluding carboxylic acids is 1. The predicted molar refractivity (Wildman–Crippen MR) is 83.1 cm³/mol. The van der Waals surface area contributed by atoms with E-state index in [1.807, 2.05) is 37.4 Å². The first kappa shape index (κ1) is 14.5. The van der Waals surface area contributed by atoms with Crippen LogP contribution in [0.3, 0.4) is 0 Å². The molecule has 5 heteroatoms. The quantitative estimate of drug-likeness (QED) is 0.888. The molecule has 0 spiro atoms. The van der Waals surface area contributed by atoms with E-state index in [2.05, 4.69) is 10.3 Å². The largest absolute Gasteiger partial charge is 0.384 e. The Labute approximate surface area is 123 Å². The minimum absolute atomic E-state index is 0.0241. The Bertz CT molecular complexity index is 537. The van der Waals surface area contributed by atoms with Gasteiger partial charge in [0.15, 0.2) is 0 Å². The van der Waals surface area contributed by atoms with Crippen molar-refractivity contribution < 1.29 is 4.79 Å². The van der Waals surface area contributed by atoms with Gasteiger partial charge in [0.05, 0.1) is 18.4 Å². The second-order valence-corrected chi connectivity index (χ2v) is 5.39. The smallest absolute Gasteiger partial charge is 0.272 e. The average Bonchev–Trinajstić information content (AvgIpc) is 2.98. The van der Waals surface area contributed by atoms with Crippen molar-refractivity contribution in [3.05, 3.63) is 46.4 Å². The number of thiophene rings is 1. The van der Waals surface area contributed by atoms with Gasteiger partial charge in [-0.25, -0.2) is 4.98 Å². The van der Waals surface area contributed by atoms with Gasteiger partial charge in [0.1, 0.15) is 5.69 Å². The molecule has 0 aliphatic heterocycles. The lowest BCUT2D eigenvalue weighted by atomic mass is 10.3. The number of hydrogen-bond acceptors (Lipinski definition) is 4. The Morgan fingerprint density at radius 3 is 2.75 bits per heavy atom. The molecule has 4 nitrogen and oxygen atoms in total. The summed E-state index contributed by atoms with van der Waals surface area (Å²) in [6, 6.07) is 7.71. The minimum Gasteiger partial charge on any atom is -0.384 e. The molecule has 0 aliphatic rings. The van der Waals surface area contributed by atoms with Crippen LogP contribution < -0.4 is 5.32 Å². The normalized spacial score (nSPS) is 10.3. The second kappa shape index (κ2) is 7.05. The highest BCUT2D eigenvalue weighted by Crippen LogP contribution is 2.14. The molecule has 0 saturated heterocycles. The number of amides is 1. The summed E-state index contributed by atoms with van der Waals surface area (Å²) in [6.07, 6.45) is 1.70. The van der Waals surface area contributed by atoms with E-state index in [1.165, 1.54) is 4.88 Å². The minimum atomic E-state index is -0.0241. The first-order chi connectivity index (χ1) is 9.74. The molecule has 0 fully saturated rings. The van der Waals surface area contributed by atoms with Crippen molar-refractivity contribution in [3.8, 4) is 0 Å². The third-order valence-electron chi connectivity index (χ3n) is 2.96. The highest BCUT2D eigenvalue weighted by atomic mass is 32.1. The second-order valence-electron chi connectivity index (χ2n) is 4.36. The topological polar surface area (TPSA) is 45.2 Å². The molecule has 0 radical (unpaired) electrons. The van der Waals surface area contributed by atoms with Crippen LogP contribution in [0.4, 0.5) is 5.69 Å². The molecule has 2 rings (SSSR count). The van der Waals surface area contributed by atoms with Crippen LogP contribution in [0.5, 0.6) is 0 Å². The summed E-state index contributed by atoms with van der Waals surface area (Å²) in [5.74, 6) is -0.0241. The van der Waals surface area contributed by atoms with E-state index >= 15 is 0 Å². The van der Waals surface area contributed by atoms with Crippen LogP contribution in [0, 0.1) is 0 Å². The Morgan fingerprint density at radius 1 is 1.35 bits per heavy atom.